The highest BCUT2D eigenvalue weighted by Crippen LogP contribution is 2.24. The maximum absolute atomic E-state index is 12.9. The van der Waals surface area contributed by atoms with E-state index in [0.29, 0.717) is 49.3 Å². The van der Waals surface area contributed by atoms with Crippen molar-refractivity contribution >= 4 is 46.3 Å². The number of nitrogens with one attached hydrogen (secondary N) is 1. The molecule has 0 radical (unpaired) electrons. The molecular formula is C19H25Cl2N5O3. The van der Waals surface area contributed by atoms with Crippen molar-refractivity contribution in [3.63, 3.8) is 0 Å². The summed E-state index contributed by atoms with van der Waals surface area (Å²) in [5.74, 6) is 0.501. The van der Waals surface area contributed by atoms with Gasteiger partial charge in [0, 0.05) is 49.2 Å². The Hall–Kier alpha value is -2.32. The Labute approximate surface area is 180 Å². The molecule has 0 bridgehead atoms. The van der Waals surface area contributed by atoms with Crippen LogP contribution in [-0.4, -0.2) is 45.2 Å². The monoisotopic (exact) mass is 441 g/mol. The minimum atomic E-state index is -0.612. The minimum absolute atomic E-state index is 0.0244. The molecule has 1 N–H and O–H groups in total. The van der Waals surface area contributed by atoms with E-state index in [4.69, 9.17) is 23.2 Å². The molecule has 0 unspecified atom stereocenters. The number of hydrogen-bond acceptors (Lipinski definition) is 5. The van der Waals surface area contributed by atoms with Gasteiger partial charge in [-0.15, -0.1) is 23.2 Å². The van der Waals surface area contributed by atoms with E-state index in [1.807, 2.05) is 30.9 Å². The Balaban J connectivity index is 2.28. The van der Waals surface area contributed by atoms with E-state index in [9.17, 15) is 14.9 Å². The van der Waals surface area contributed by atoms with Gasteiger partial charge in [-0.3, -0.25) is 9.36 Å². The molecule has 0 aliphatic rings. The van der Waals surface area contributed by atoms with Gasteiger partial charge in [0.2, 0.25) is 11.5 Å². The first-order chi connectivity index (χ1) is 14.0. The molecule has 29 heavy (non-hydrogen) atoms. The van der Waals surface area contributed by atoms with Crippen LogP contribution in [0.1, 0.15) is 36.6 Å². The number of aromatic nitrogens is 2. The topological polar surface area (TPSA) is 93.3 Å². The molecule has 0 spiro atoms. The molecule has 0 fully saturated rings. The van der Waals surface area contributed by atoms with Crippen molar-refractivity contribution in [3.8, 4) is 0 Å². The van der Waals surface area contributed by atoms with Gasteiger partial charge in [0.15, 0.2) is 0 Å². The smallest absolute Gasteiger partial charge is 0.369 e. The van der Waals surface area contributed by atoms with E-state index in [-0.39, 0.29) is 5.69 Å². The summed E-state index contributed by atoms with van der Waals surface area (Å²) in [7, 11) is 0. The van der Waals surface area contributed by atoms with Crippen LogP contribution in [0.4, 0.5) is 17.2 Å². The van der Waals surface area contributed by atoms with Gasteiger partial charge < -0.3 is 20.3 Å². The second-order valence-corrected chi connectivity index (χ2v) is 7.08. The SMILES string of the molecule is CCCn1c(CC)nc([N+](=O)[O-])c1C(=O)Nc1ccc(N(CCCl)CCCl)cc1. The second-order valence-electron chi connectivity index (χ2n) is 6.33. The van der Waals surface area contributed by atoms with Crippen LogP contribution in [0.3, 0.4) is 0 Å². The van der Waals surface area contributed by atoms with E-state index in [0.717, 1.165) is 12.1 Å². The van der Waals surface area contributed by atoms with Crippen molar-refractivity contribution in [1.82, 2.24) is 9.55 Å². The molecule has 1 aromatic carbocycles. The molecule has 0 atom stereocenters. The molecule has 0 aliphatic carbocycles. The molecular weight excluding hydrogens is 417 g/mol. The normalized spacial score (nSPS) is 10.8. The molecule has 0 saturated carbocycles. The summed E-state index contributed by atoms with van der Waals surface area (Å²) in [6, 6.07) is 7.19. The van der Waals surface area contributed by atoms with Crippen molar-refractivity contribution < 1.29 is 9.72 Å². The van der Waals surface area contributed by atoms with E-state index in [1.165, 1.54) is 0 Å². The fourth-order valence-electron chi connectivity index (χ4n) is 3.09. The van der Waals surface area contributed by atoms with Crippen molar-refractivity contribution in [3.05, 3.63) is 45.9 Å². The van der Waals surface area contributed by atoms with Gasteiger partial charge in [0.25, 0.3) is 5.91 Å². The predicted octanol–water partition coefficient (Wildman–Crippen LogP) is 4.30. The lowest BCUT2D eigenvalue weighted by Gasteiger charge is -2.23. The largest absolute Gasteiger partial charge is 0.395 e. The molecule has 2 rings (SSSR count). The number of benzene rings is 1. The van der Waals surface area contributed by atoms with Gasteiger partial charge in [-0.25, -0.2) is 0 Å². The summed E-state index contributed by atoms with van der Waals surface area (Å²) in [5, 5.41) is 14.2. The quantitative estimate of drug-likeness (QED) is 0.318. The van der Waals surface area contributed by atoms with Crippen molar-refractivity contribution in [2.24, 2.45) is 0 Å². The number of amides is 1. The van der Waals surface area contributed by atoms with Crippen LogP contribution in [-0.2, 0) is 13.0 Å². The Kier molecular flexibility index (Phi) is 8.72. The van der Waals surface area contributed by atoms with Crippen LogP contribution >= 0.6 is 23.2 Å². The maximum Gasteiger partial charge on any atom is 0.395 e. The Morgan fingerprint density at radius 3 is 2.31 bits per heavy atom. The van der Waals surface area contributed by atoms with Gasteiger partial charge >= 0.3 is 5.82 Å². The number of rotatable bonds is 11. The summed E-state index contributed by atoms with van der Waals surface area (Å²) in [6.45, 7) is 5.59. The Morgan fingerprint density at radius 1 is 1.21 bits per heavy atom. The van der Waals surface area contributed by atoms with Gasteiger partial charge in [-0.1, -0.05) is 13.8 Å². The third-order valence-corrected chi connectivity index (χ3v) is 4.72. The number of aryl methyl sites for hydroxylation is 1. The molecule has 10 heteroatoms. The number of carbonyl (C=O) groups is 1. The van der Waals surface area contributed by atoms with Crippen LogP contribution in [0.15, 0.2) is 24.3 Å². The molecule has 1 aromatic heterocycles. The molecule has 1 heterocycles. The Morgan fingerprint density at radius 2 is 1.83 bits per heavy atom. The number of halogens is 2. The van der Waals surface area contributed by atoms with Gasteiger partial charge in [-0.2, -0.15) is 0 Å². The number of alkyl halides is 2. The average molecular weight is 442 g/mol. The first kappa shape index (κ1) is 23.0. The van der Waals surface area contributed by atoms with Crippen molar-refractivity contribution in [2.75, 3.05) is 35.1 Å². The summed E-state index contributed by atoms with van der Waals surface area (Å²) >= 11 is 11.7. The molecule has 1 amide bonds. The van der Waals surface area contributed by atoms with E-state index < -0.39 is 16.6 Å². The third kappa shape index (κ3) is 5.61. The van der Waals surface area contributed by atoms with Gasteiger partial charge in [0.1, 0.15) is 0 Å². The first-order valence-electron chi connectivity index (χ1n) is 9.48. The molecule has 2 aromatic rings. The van der Waals surface area contributed by atoms with E-state index in [2.05, 4.69) is 10.3 Å². The van der Waals surface area contributed by atoms with E-state index in [1.54, 1.807) is 16.7 Å². The number of nitro groups is 1. The highest BCUT2D eigenvalue weighted by atomic mass is 35.5. The molecule has 8 nitrogen and oxygen atoms in total. The zero-order valence-corrected chi connectivity index (χ0v) is 18.0. The standard InChI is InChI=1S/C19H25Cl2N5O3/c1-3-11-25-16(4-2)23-18(26(28)29)17(25)19(27)22-14-5-7-15(8-6-14)24(12-9-20)13-10-21/h5-8H,3-4,9-13H2,1-2H3,(H,22,27). The van der Waals surface area contributed by atoms with Gasteiger partial charge in [0.05, 0.1) is 0 Å². The van der Waals surface area contributed by atoms with Crippen LogP contribution in [0.5, 0.6) is 0 Å². The van der Waals surface area contributed by atoms with E-state index >= 15 is 0 Å². The number of anilines is 2. The predicted molar refractivity (Wildman–Crippen MR) is 117 cm³/mol. The van der Waals surface area contributed by atoms with Crippen LogP contribution < -0.4 is 10.2 Å². The van der Waals surface area contributed by atoms with Crippen LogP contribution in [0.2, 0.25) is 0 Å². The minimum Gasteiger partial charge on any atom is -0.369 e. The number of imidazole rings is 1. The first-order valence-corrected chi connectivity index (χ1v) is 10.6. The van der Waals surface area contributed by atoms with Crippen molar-refractivity contribution in [2.45, 2.75) is 33.2 Å². The Bertz CT molecular complexity index is 833. The summed E-state index contributed by atoms with van der Waals surface area (Å²) in [6.07, 6.45) is 1.23. The van der Waals surface area contributed by atoms with Crippen LogP contribution in [0, 0.1) is 10.1 Å². The van der Waals surface area contributed by atoms with Crippen molar-refractivity contribution in [1.29, 1.82) is 0 Å². The highest BCUT2D eigenvalue weighted by molar-refractivity contribution is 6.18. The second kappa shape index (κ2) is 11.0. The lowest BCUT2D eigenvalue weighted by atomic mass is 10.2. The third-order valence-electron chi connectivity index (χ3n) is 4.38. The lowest BCUT2D eigenvalue weighted by Crippen LogP contribution is -2.27. The number of hydrogen-bond donors (Lipinski definition) is 1. The molecule has 0 saturated heterocycles. The van der Waals surface area contributed by atoms with Gasteiger partial charge in [-0.05, 0) is 40.6 Å². The zero-order chi connectivity index (χ0) is 21.4. The summed E-state index contributed by atoms with van der Waals surface area (Å²) in [4.78, 5) is 29.8. The molecule has 0 aliphatic heterocycles. The zero-order valence-electron chi connectivity index (χ0n) is 16.5. The maximum atomic E-state index is 12.9. The molecule has 158 valence electrons. The fraction of sp³-hybridized carbons (Fsp3) is 0.474. The lowest BCUT2D eigenvalue weighted by molar-refractivity contribution is -0.389. The number of carbonyl (C=O) groups excluding carboxylic acids is 1. The van der Waals surface area contributed by atoms with Crippen LogP contribution in [0.25, 0.3) is 0 Å². The fourth-order valence-corrected chi connectivity index (χ4v) is 3.50. The summed E-state index contributed by atoms with van der Waals surface area (Å²) < 4.78 is 1.63. The number of nitrogens with zero attached hydrogens (tertiary/aromatic N) is 4. The highest BCUT2D eigenvalue weighted by Gasteiger charge is 2.31. The average Bonchev–Trinajstić information content (AvgIpc) is 3.07. The summed E-state index contributed by atoms with van der Waals surface area (Å²) in [5.41, 5.74) is 1.44.